The molecule has 1 aromatic rings. The number of phenols is 1. The highest BCUT2D eigenvalue weighted by atomic mass is 16.4. The van der Waals surface area contributed by atoms with Crippen molar-refractivity contribution >= 4 is 41.5 Å². The van der Waals surface area contributed by atoms with E-state index in [0.29, 0.717) is 5.56 Å². The van der Waals surface area contributed by atoms with Crippen LogP contribution in [-0.4, -0.2) is 86.1 Å². The molecule has 0 aliphatic heterocycles. The van der Waals surface area contributed by atoms with Crippen molar-refractivity contribution < 1.29 is 54.0 Å². The third-order valence-corrected chi connectivity index (χ3v) is 5.31. The third kappa shape index (κ3) is 12.4. The van der Waals surface area contributed by atoms with Crippen molar-refractivity contribution in [2.75, 3.05) is 0 Å². The van der Waals surface area contributed by atoms with E-state index in [2.05, 4.69) is 16.0 Å². The van der Waals surface area contributed by atoms with Gasteiger partial charge in [-0.25, -0.2) is 4.79 Å². The van der Waals surface area contributed by atoms with Crippen LogP contribution in [0.4, 0.5) is 0 Å². The molecule has 0 heterocycles. The molecule has 0 bridgehead atoms. The molecule has 0 saturated heterocycles. The highest BCUT2D eigenvalue weighted by molar-refractivity contribution is 5.95. The minimum Gasteiger partial charge on any atom is -0.508 e. The van der Waals surface area contributed by atoms with Crippen molar-refractivity contribution in [1.29, 1.82) is 0 Å². The molecule has 0 spiro atoms. The molecule has 0 aromatic heterocycles. The Morgan fingerprint density at radius 2 is 1.21 bits per heavy atom. The molecular formula is C23H31N5O11. The van der Waals surface area contributed by atoms with Crippen LogP contribution in [0.3, 0.4) is 0 Å². The monoisotopic (exact) mass is 553 g/mol. The molecule has 214 valence electrons. The summed E-state index contributed by atoms with van der Waals surface area (Å²) in [4.78, 5) is 83.0. The van der Waals surface area contributed by atoms with Gasteiger partial charge in [-0.1, -0.05) is 12.1 Å². The molecule has 0 saturated carbocycles. The standard InChI is InChI=1S/C23H31N5O11/c24-13(10-19(33)34)20(35)26-14(5-7-17(25)30)21(36)27-15(6-8-18(31)32)22(37)28-16(23(38)39)9-11-1-3-12(29)4-2-11/h1-4,13-16,29H,5-10,24H2,(H2,25,30)(H,26,35)(H,27,36)(H,28,37)(H,31,32)(H,33,34)(H,38,39). The number of rotatable bonds is 17. The van der Waals surface area contributed by atoms with Crippen molar-refractivity contribution in [3.8, 4) is 5.75 Å². The first-order valence-electron chi connectivity index (χ1n) is 11.6. The van der Waals surface area contributed by atoms with E-state index in [1.165, 1.54) is 24.3 Å². The maximum atomic E-state index is 12.9. The Labute approximate surface area is 221 Å². The molecule has 4 amide bonds. The summed E-state index contributed by atoms with van der Waals surface area (Å²) in [6.07, 6.45) is -2.80. The van der Waals surface area contributed by atoms with E-state index in [4.69, 9.17) is 21.7 Å². The Kier molecular flexibility index (Phi) is 12.8. The number of hydrogen-bond acceptors (Lipinski definition) is 9. The van der Waals surface area contributed by atoms with Gasteiger partial charge < -0.3 is 47.8 Å². The lowest BCUT2D eigenvalue weighted by molar-refractivity contribution is -0.143. The number of nitrogens with one attached hydrogen (secondary N) is 3. The molecular weight excluding hydrogens is 522 g/mol. The van der Waals surface area contributed by atoms with E-state index in [-0.39, 0.29) is 18.6 Å². The maximum Gasteiger partial charge on any atom is 0.326 e. The van der Waals surface area contributed by atoms with Crippen molar-refractivity contribution in [3.05, 3.63) is 29.8 Å². The van der Waals surface area contributed by atoms with E-state index in [9.17, 15) is 43.8 Å². The van der Waals surface area contributed by atoms with Gasteiger partial charge in [0.05, 0.1) is 12.5 Å². The van der Waals surface area contributed by atoms with Crippen LogP contribution in [0.15, 0.2) is 24.3 Å². The summed E-state index contributed by atoms with van der Waals surface area (Å²) >= 11 is 0. The lowest BCUT2D eigenvalue weighted by atomic mass is 10.0. The second-order valence-corrected chi connectivity index (χ2v) is 8.53. The fourth-order valence-corrected chi connectivity index (χ4v) is 3.26. The number of carboxylic acids is 3. The van der Waals surface area contributed by atoms with Gasteiger partial charge in [0.15, 0.2) is 0 Å². The quantitative estimate of drug-likeness (QED) is 0.0960. The number of carboxylic acid groups (broad SMARTS) is 3. The van der Waals surface area contributed by atoms with Crippen LogP contribution in [0.1, 0.15) is 37.7 Å². The third-order valence-electron chi connectivity index (χ3n) is 5.31. The molecule has 16 nitrogen and oxygen atoms in total. The van der Waals surface area contributed by atoms with Crippen LogP contribution in [0, 0.1) is 0 Å². The van der Waals surface area contributed by atoms with Gasteiger partial charge >= 0.3 is 17.9 Å². The molecule has 0 aliphatic rings. The summed E-state index contributed by atoms with van der Waals surface area (Å²) in [5, 5.41) is 43.4. The molecule has 39 heavy (non-hydrogen) atoms. The highest BCUT2D eigenvalue weighted by Crippen LogP contribution is 2.12. The van der Waals surface area contributed by atoms with E-state index in [0.717, 1.165) is 0 Å². The molecule has 16 heteroatoms. The molecule has 11 N–H and O–H groups in total. The lowest BCUT2D eigenvalue weighted by Crippen LogP contribution is -2.57. The van der Waals surface area contributed by atoms with Gasteiger partial charge in [0, 0.05) is 19.3 Å². The molecule has 0 radical (unpaired) electrons. The van der Waals surface area contributed by atoms with Crippen LogP contribution in [0.25, 0.3) is 0 Å². The Hall–Kier alpha value is -4.73. The number of hydrogen-bond donors (Lipinski definition) is 9. The first-order chi connectivity index (χ1) is 18.2. The van der Waals surface area contributed by atoms with Crippen LogP contribution < -0.4 is 27.4 Å². The Balaban J connectivity index is 3.08. The van der Waals surface area contributed by atoms with Crippen LogP contribution in [-0.2, 0) is 40.0 Å². The second kappa shape index (κ2) is 15.5. The predicted octanol–water partition coefficient (Wildman–Crippen LogP) is -2.59. The van der Waals surface area contributed by atoms with Crippen molar-refractivity contribution in [1.82, 2.24) is 16.0 Å². The number of aromatic hydroxyl groups is 1. The average Bonchev–Trinajstić information content (AvgIpc) is 2.83. The molecule has 0 fully saturated rings. The first kappa shape index (κ1) is 32.3. The van der Waals surface area contributed by atoms with E-state index in [1.54, 1.807) is 0 Å². The van der Waals surface area contributed by atoms with E-state index in [1.807, 2.05) is 0 Å². The minimum absolute atomic E-state index is 0.0620. The zero-order chi connectivity index (χ0) is 29.7. The van der Waals surface area contributed by atoms with Gasteiger partial charge in [-0.15, -0.1) is 0 Å². The first-order valence-corrected chi connectivity index (χ1v) is 11.6. The van der Waals surface area contributed by atoms with Crippen molar-refractivity contribution in [2.24, 2.45) is 11.5 Å². The summed E-state index contributed by atoms with van der Waals surface area (Å²) < 4.78 is 0. The summed E-state index contributed by atoms with van der Waals surface area (Å²) in [7, 11) is 0. The lowest BCUT2D eigenvalue weighted by Gasteiger charge is -2.25. The second-order valence-electron chi connectivity index (χ2n) is 8.53. The summed E-state index contributed by atoms with van der Waals surface area (Å²) in [6, 6.07) is -0.638. The van der Waals surface area contributed by atoms with Gasteiger partial charge in [-0.3, -0.25) is 28.8 Å². The number of nitrogens with two attached hydrogens (primary N) is 2. The topological polar surface area (TPSA) is 289 Å². The van der Waals surface area contributed by atoms with Crippen molar-refractivity contribution in [3.63, 3.8) is 0 Å². The summed E-state index contributed by atoms with van der Waals surface area (Å²) in [5.74, 6) is -8.18. The van der Waals surface area contributed by atoms with Gasteiger partial charge in [0.1, 0.15) is 23.9 Å². The SMILES string of the molecule is NC(=O)CCC(NC(=O)C(N)CC(=O)O)C(=O)NC(CCC(=O)O)C(=O)NC(Cc1ccc(O)cc1)C(=O)O. The number of amides is 4. The number of benzene rings is 1. The molecule has 1 aromatic carbocycles. The van der Waals surface area contributed by atoms with Crippen LogP contribution in [0.5, 0.6) is 5.75 Å². The number of carbonyl (C=O) groups is 7. The average molecular weight is 554 g/mol. The summed E-state index contributed by atoms with van der Waals surface area (Å²) in [6.45, 7) is 0. The van der Waals surface area contributed by atoms with Crippen LogP contribution in [0.2, 0.25) is 0 Å². The Morgan fingerprint density at radius 3 is 1.67 bits per heavy atom. The normalized spacial score (nSPS) is 13.7. The molecule has 4 unspecified atom stereocenters. The van der Waals surface area contributed by atoms with Crippen LogP contribution >= 0.6 is 0 Å². The number of aliphatic carboxylic acids is 3. The summed E-state index contributed by atoms with van der Waals surface area (Å²) in [5.41, 5.74) is 11.0. The van der Waals surface area contributed by atoms with Gasteiger partial charge in [-0.2, -0.15) is 0 Å². The number of carbonyl (C=O) groups excluding carboxylic acids is 4. The number of phenolic OH excluding ortho intramolecular Hbond substituents is 1. The van der Waals surface area contributed by atoms with Gasteiger partial charge in [-0.05, 0) is 30.5 Å². The van der Waals surface area contributed by atoms with Crippen molar-refractivity contribution in [2.45, 2.75) is 62.7 Å². The zero-order valence-electron chi connectivity index (χ0n) is 20.7. The smallest absolute Gasteiger partial charge is 0.326 e. The fraction of sp³-hybridized carbons (Fsp3) is 0.435. The highest BCUT2D eigenvalue weighted by Gasteiger charge is 2.31. The maximum absolute atomic E-state index is 12.9. The zero-order valence-corrected chi connectivity index (χ0v) is 20.7. The van der Waals surface area contributed by atoms with E-state index >= 15 is 0 Å². The fourth-order valence-electron chi connectivity index (χ4n) is 3.26. The minimum atomic E-state index is -1.57. The number of primary amides is 1. The largest absolute Gasteiger partial charge is 0.508 e. The van der Waals surface area contributed by atoms with Gasteiger partial charge in [0.2, 0.25) is 23.6 Å². The van der Waals surface area contributed by atoms with Gasteiger partial charge in [0.25, 0.3) is 0 Å². The predicted molar refractivity (Wildman–Crippen MR) is 131 cm³/mol. The Bertz CT molecular complexity index is 1080. The molecule has 4 atom stereocenters. The molecule has 1 rings (SSSR count). The Morgan fingerprint density at radius 1 is 0.718 bits per heavy atom. The van der Waals surface area contributed by atoms with E-state index < -0.39 is 91.4 Å². The molecule has 0 aliphatic carbocycles.